The van der Waals surface area contributed by atoms with E-state index in [1.165, 1.54) is 209 Å². The Kier molecular flexibility index (Phi) is 28.5. The van der Waals surface area contributed by atoms with Crippen molar-refractivity contribution in [3.8, 4) is 0 Å². The number of hydrogen-bond acceptors (Lipinski definition) is 3. The van der Waals surface area contributed by atoms with Gasteiger partial charge >= 0.3 is 333 Å². The first kappa shape index (κ1) is 53.2. The summed E-state index contributed by atoms with van der Waals surface area (Å²) in [4.78, 5) is 0. The zero-order valence-electron chi connectivity index (χ0n) is 38.5. The topological polar surface area (TPSA) is 27.7 Å². The van der Waals surface area contributed by atoms with E-state index in [0.29, 0.717) is 0 Å². The normalized spacial score (nSPS) is 15.1. The van der Waals surface area contributed by atoms with Crippen molar-refractivity contribution in [1.29, 1.82) is 0 Å². The van der Waals surface area contributed by atoms with E-state index in [1.54, 1.807) is 0 Å². The van der Waals surface area contributed by atoms with Gasteiger partial charge in [0.05, 0.1) is 0 Å². The molecule has 0 fully saturated rings. The fourth-order valence-corrected chi connectivity index (χ4v) is 30.8. The second-order valence-electron chi connectivity index (χ2n) is 18.0. The van der Waals surface area contributed by atoms with Gasteiger partial charge in [-0.1, -0.05) is 0 Å². The van der Waals surface area contributed by atoms with Crippen molar-refractivity contribution < 1.29 is 13.3 Å². The van der Waals surface area contributed by atoms with Crippen LogP contribution < -0.4 is 0 Å². The van der Waals surface area contributed by atoms with Crippen LogP contribution in [0.4, 0.5) is 0 Å². The van der Waals surface area contributed by atoms with Crippen LogP contribution in [-0.2, 0) is 13.3 Å². The average molecular weight is 795 g/mol. The van der Waals surface area contributed by atoms with Crippen LogP contribution in [0.2, 0.25) is 0 Å². The molecule has 0 aromatic heterocycles. The van der Waals surface area contributed by atoms with Crippen molar-refractivity contribution in [1.82, 2.24) is 0 Å². The number of unbranched alkanes of at least 4 members (excludes halogenated alkanes) is 9. The standard InChI is InChI=1S/C45H102BO3P3/c1-13-25-37-50(34-22-10,38-26-14-2,39-27-15-3)47-46(48-51(35-23-11,40-28-16-4,41-29-17-5)42-30-18-6)49-52(36-24-12,43-31-19-7,44-32-20-8)45-33-21-9/h13-45H2,1-12H3. The Morgan fingerprint density at radius 1 is 0.231 bits per heavy atom. The van der Waals surface area contributed by atoms with Gasteiger partial charge < -0.3 is 0 Å². The number of hydrogen-bond donors (Lipinski definition) is 0. The van der Waals surface area contributed by atoms with E-state index in [2.05, 4.69) is 83.1 Å². The third-order valence-corrected chi connectivity index (χ3v) is 33.3. The summed E-state index contributed by atoms with van der Waals surface area (Å²) < 4.78 is 25.4. The predicted molar refractivity (Wildman–Crippen MR) is 253 cm³/mol. The van der Waals surface area contributed by atoms with Gasteiger partial charge in [0.1, 0.15) is 0 Å². The Balaban J connectivity index is 8.45. The zero-order valence-corrected chi connectivity index (χ0v) is 41.2. The first-order valence-corrected chi connectivity index (χ1v) is 32.7. The second kappa shape index (κ2) is 27.8. The van der Waals surface area contributed by atoms with Crippen LogP contribution in [-0.4, -0.2) is 81.3 Å². The fourth-order valence-electron chi connectivity index (χ4n) is 10.2. The minimum atomic E-state index is -2.70. The first-order chi connectivity index (χ1) is 25.0. The summed E-state index contributed by atoms with van der Waals surface area (Å²) in [7, 11) is -0.487. The van der Waals surface area contributed by atoms with Crippen molar-refractivity contribution >= 4 is 27.8 Å². The third-order valence-electron chi connectivity index (χ3n) is 13.2. The molecule has 0 aliphatic carbocycles. The molecule has 0 amide bonds. The summed E-state index contributed by atoms with van der Waals surface area (Å²) in [6.07, 6.45) is 41.5. The molecule has 0 aromatic carbocycles. The molecular weight excluding hydrogens is 692 g/mol. The molecule has 0 bridgehead atoms. The van der Waals surface area contributed by atoms with Crippen LogP contribution in [0.3, 0.4) is 0 Å². The molecule has 7 heteroatoms. The van der Waals surface area contributed by atoms with E-state index < -0.39 is 27.8 Å². The molecule has 0 unspecified atom stereocenters. The van der Waals surface area contributed by atoms with E-state index in [4.69, 9.17) is 13.3 Å². The summed E-state index contributed by atoms with van der Waals surface area (Å²) in [6.45, 7) is 20.9. The van der Waals surface area contributed by atoms with Gasteiger partial charge in [-0.05, 0) is 0 Å². The number of rotatable bonds is 39. The average Bonchev–Trinajstić information content (AvgIpc) is 3.14. The maximum atomic E-state index is 8.46. The van der Waals surface area contributed by atoms with Crippen LogP contribution in [0, 0.1) is 0 Å². The molecule has 0 radical (unpaired) electrons. The Morgan fingerprint density at radius 3 is 0.500 bits per heavy atom. The van der Waals surface area contributed by atoms with Crippen molar-refractivity contribution in [2.75, 3.05) is 73.9 Å². The molecule has 0 aliphatic rings. The molecule has 0 aliphatic heterocycles. The summed E-state index contributed by atoms with van der Waals surface area (Å²) in [5.41, 5.74) is 0. The molecule has 0 atom stereocenters. The van der Waals surface area contributed by atoms with Gasteiger partial charge in [-0.2, -0.15) is 0 Å². The van der Waals surface area contributed by atoms with Gasteiger partial charge in [-0.15, -0.1) is 0 Å². The van der Waals surface area contributed by atoms with Gasteiger partial charge in [-0.25, -0.2) is 0 Å². The van der Waals surface area contributed by atoms with Crippen LogP contribution in [0.1, 0.15) is 218 Å². The van der Waals surface area contributed by atoms with Crippen LogP contribution in [0.5, 0.6) is 0 Å². The van der Waals surface area contributed by atoms with Gasteiger partial charge in [0.25, 0.3) is 0 Å². The van der Waals surface area contributed by atoms with Gasteiger partial charge in [-0.3, -0.25) is 0 Å². The molecule has 0 N–H and O–H groups in total. The van der Waals surface area contributed by atoms with E-state index in [-0.39, 0.29) is 0 Å². The van der Waals surface area contributed by atoms with E-state index in [1.807, 2.05) is 0 Å². The minimum absolute atomic E-state index is 0.487. The van der Waals surface area contributed by atoms with Crippen LogP contribution in [0.15, 0.2) is 0 Å². The van der Waals surface area contributed by atoms with Crippen LogP contribution >= 0.6 is 20.5 Å². The van der Waals surface area contributed by atoms with Crippen molar-refractivity contribution in [2.45, 2.75) is 218 Å². The van der Waals surface area contributed by atoms with Crippen LogP contribution in [0.25, 0.3) is 0 Å². The summed E-state index contributed by atoms with van der Waals surface area (Å²) >= 11 is 0. The Bertz CT molecular complexity index is 688. The molecule has 0 heterocycles. The van der Waals surface area contributed by atoms with Gasteiger partial charge in [0, 0.05) is 0 Å². The Hall–Kier alpha value is 1.23. The maximum absolute atomic E-state index is 8.46. The monoisotopic (exact) mass is 795 g/mol. The molecule has 0 saturated heterocycles. The summed E-state index contributed by atoms with van der Waals surface area (Å²) in [6, 6.07) is 0. The van der Waals surface area contributed by atoms with E-state index in [0.717, 1.165) is 0 Å². The molecular formula is C45H102BO3P3. The van der Waals surface area contributed by atoms with E-state index in [9.17, 15) is 0 Å². The van der Waals surface area contributed by atoms with Crippen molar-refractivity contribution in [3.63, 3.8) is 0 Å². The molecule has 0 aromatic rings. The van der Waals surface area contributed by atoms with E-state index >= 15 is 0 Å². The summed E-state index contributed by atoms with van der Waals surface area (Å²) in [5.74, 6) is 0. The molecule has 0 saturated carbocycles. The van der Waals surface area contributed by atoms with Crippen molar-refractivity contribution in [3.05, 3.63) is 0 Å². The molecule has 52 heavy (non-hydrogen) atoms. The SMILES string of the molecule is CCCCP(CCC)(CCCC)(CCCC)OB(OP(CCC)(CCCC)(CCCC)CCCC)OP(CCC)(CCCC)(CCCC)CCCC. The Morgan fingerprint density at radius 2 is 0.385 bits per heavy atom. The van der Waals surface area contributed by atoms with Gasteiger partial charge in [0.15, 0.2) is 0 Å². The first-order valence-electron chi connectivity index (χ1n) is 24.0. The zero-order chi connectivity index (χ0) is 39.4. The fraction of sp³-hybridized carbons (Fsp3) is 1.00. The van der Waals surface area contributed by atoms with Crippen molar-refractivity contribution in [2.24, 2.45) is 0 Å². The Labute approximate surface area is 331 Å². The molecule has 318 valence electrons. The third kappa shape index (κ3) is 16.6. The summed E-state index contributed by atoms with van der Waals surface area (Å²) in [5, 5.41) is 0. The predicted octanol–water partition coefficient (Wildman–Crippen LogP) is 16.9. The second-order valence-corrected chi connectivity index (χ2v) is 35.2. The molecule has 3 nitrogen and oxygen atoms in total. The molecule has 0 spiro atoms. The molecule has 0 rings (SSSR count). The van der Waals surface area contributed by atoms with Gasteiger partial charge in [0.2, 0.25) is 0 Å². The quantitative estimate of drug-likeness (QED) is 0.0458.